The topological polar surface area (TPSA) is 66.4 Å². The van der Waals surface area contributed by atoms with Crippen LogP contribution in [0.25, 0.3) is 0 Å². The highest BCUT2D eigenvalue weighted by molar-refractivity contribution is 6.04. The van der Waals surface area contributed by atoms with Crippen LogP contribution in [0.1, 0.15) is 40.9 Å². The number of aliphatic carboxylic acids is 1. The molecular weight excluding hydrogens is 290 g/mol. The maximum atomic E-state index is 12.3. The monoisotopic (exact) mass is 311 g/mol. The van der Waals surface area contributed by atoms with Crippen LogP contribution < -0.4 is 5.32 Å². The molecule has 0 saturated heterocycles. The fourth-order valence-electron chi connectivity index (χ4n) is 2.40. The van der Waals surface area contributed by atoms with Crippen LogP contribution in [0.5, 0.6) is 0 Å². The third-order valence-electron chi connectivity index (χ3n) is 3.88. The third-order valence-corrected chi connectivity index (χ3v) is 3.88. The molecule has 0 spiro atoms. The van der Waals surface area contributed by atoms with E-state index in [0.29, 0.717) is 16.8 Å². The van der Waals surface area contributed by atoms with Gasteiger partial charge in [-0.1, -0.05) is 29.3 Å². The fourth-order valence-corrected chi connectivity index (χ4v) is 2.40. The Balaban J connectivity index is 2.18. The van der Waals surface area contributed by atoms with Gasteiger partial charge in [0.15, 0.2) is 0 Å². The van der Waals surface area contributed by atoms with Crippen molar-refractivity contribution in [3.63, 3.8) is 0 Å². The summed E-state index contributed by atoms with van der Waals surface area (Å²) in [6.45, 7) is 7.20. The van der Waals surface area contributed by atoms with Gasteiger partial charge in [-0.15, -0.1) is 0 Å². The van der Waals surface area contributed by atoms with Gasteiger partial charge in [0.2, 0.25) is 0 Å². The lowest BCUT2D eigenvalue weighted by Gasteiger charge is -2.20. The summed E-state index contributed by atoms with van der Waals surface area (Å²) in [6.07, 6.45) is 0. The average Bonchev–Trinajstić information content (AvgIpc) is 2.46. The summed E-state index contributed by atoms with van der Waals surface area (Å²) in [5, 5.41) is 12.1. The quantitative estimate of drug-likeness (QED) is 0.899. The number of hydrogen-bond acceptors (Lipinski definition) is 2. The molecule has 0 aliphatic rings. The molecule has 0 fully saturated rings. The van der Waals surface area contributed by atoms with E-state index >= 15 is 0 Å². The van der Waals surface area contributed by atoms with Crippen molar-refractivity contribution in [1.82, 2.24) is 0 Å². The molecule has 1 amide bonds. The molecule has 2 aromatic carbocycles. The Morgan fingerprint density at radius 2 is 1.48 bits per heavy atom. The van der Waals surface area contributed by atoms with Crippen LogP contribution in [0.2, 0.25) is 0 Å². The number of anilines is 1. The van der Waals surface area contributed by atoms with Crippen molar-refractivity contribution in [2.75, 3.05) is 5.32 Å². The average molecular weight is 311 g/mol. The van der Waals surface area contributed by atoms with Crippen LogP contribution >= 0.6 is 0 Å². The van der Waals surface area contributed by atoms with Gasteiger partial charge in [0.1, 0.15) is 0 Å². The van der Waals surface area contributed by atoms with Crippen molar-refractivity contribution in [2.45, 2.75) is 33.1 Å². The molecule has 0 aliphatic heterocycles. The van der Waals surface area contributed by atoms with E-state index in [2.05, 4.69) is 5.32 Å². The highest BCUT2D eigenvalue weighted by Crippen LogP contribution is 2.25. The molecule has 0 atom stereocenters. The minimum Gasteiger partial charge on any atom is -0.481 e. The predicted octanol–water partition coefficient (Wildman–Crippen LogP) is 3.92. The van der Waals surface area contributed by atoms with E-state index in [1.54, 1.807) is 38.1 Å². The Kier molecular flexibility index (Phi) is 4.55. The number of carbonyl (C=O) groups excluding carboxylic acids is 1. The second-order valence-corrected chi connectivity index (χ2v) is 6.34. The molecule has 0 heterocycles. The van der Waals surface area contributed by atoms with E-state index in [1.807, 2.05) is 32.0 Å². The molecule has 0 aliphatic carbocycles. The number of aryl methyl sites for hydroxylation is 2. The standard InChI is InChI=1S/C19H21NO3/c1-12-9-13(2)11-14(10-12)17(21)20-16-7-5-15(6-8-16)19(3,4)18(22)23/h5-11H,1-4H3,(H,20,21)(H,22,23). The van der Waals surface area contributed by atoms with Gasteiger partial charge in [0, 0.05) is 11.3 Å². The zero-order valence-electron chi connectivity index (χ0n) is 13.8. The van der Waals surface area contributed by atoms with Gasteiger partial charge in [-0.25, -0.2) is 0 Å². The van der Waals surface area contributed by atoms with Gasteiger partial charge < -0.3 is 10.4 Å². The number of carboxylic acids is 1. The van der Waals surface area contributed by atoms with Crippen molar-refractivity contribution in [2.24, 2.45) is 0 Å². The molecule has 2 rings (SSSR count). The van der Waals surface area contributed by atoms with E-state index in [-0.39, 0.29) is 5.91 Å². The van der Waals surface area contributed by atoms with E-state index in [4.69, 9.17) is 0 Å². The summed E-state index contributed by atoms with van der Waals surface area (Å²) in [6, 6.07) is 12.6. The Hall–Kier alpha value is -2.62. The van der Waals surface area contributed by atoms with E-state index in [0.717, 1.165) is 11.1 Å². The van der Waals surface area contributed by atoms with Crippen LogP contribution in [0, 0.1) is 13.8 Å². The number of rotatable bonds is 4. The van der Waals surface area contributed by atoms with Gasteiger partial charge >= 0.3 is 5.97 Å². The summed E-state index contributed by atoms with van der Waals surface area (Å²) in [4.78, 5) is 23.6. The summed E-state index contributed by atoms with van der Waals surface area (Å²) >= 11 is 0. The van der Waals surface area contributed by atoms with Gasteiger partial charge in [0.25, 0.3) is 5.91 Å². The van der Waals surface area contributed by atoms with Crippen molar-refractivity contribution < 1.29 is 14.7 Å². The second-order valence-electron chi connectivity index (χ2n) is 6.34. The maximum Gasteiger partial charge on any atom is 0.313 e. The molecule has 0 aromatic heterocycles. The first-order valence-electron chi connectivity index (χ1n) is 7.44. The molecule has 23 heavy (non-hydrogen) atoms. The lowest BCUT2D eigenvalue weighted by molar-refractivity contribution is -0.142. The number of nitrogens with one attached hydrogen (secondary N) is 1. The smallest absolute Gasteiger partial charge is 0.313 e. The minimum atomic E-state index is -0.962. The highest BCUT2D eigenvalue weighted by atomic mass is 16.4. The van der Waals surface area contributed by atoms with Crippen molar-refractivity contribution in [1.29, 1.82) is 0 Å². The molecule has 4 nitrogen and oxygen atoms in total. The Labute approximate surface area is 136 Å². The van der Waals surface area contributed by atoms with E-state index < -0.39 is 11.4 Å². The molecule has 0 unspecified atom stereocenters. The first kappa shape index (κ1) is 16.7. The predicted molar refractivity (Wildman–Crippen MR) is 91.0 cm³/mol. The largest absolute Gasteiger partial charge is 0.481 e. The fraction of sp³-hybridized carbons (Fsp3) is 0.263. The van der Waals surface area contributed by atoms with Crippen LogP contribution in [0.3, 0.4) is 0 Å². The van der Waals surface area contributed by atoms with E-state index in [9.17, 15) is 14.7 Å². The van der Waals surface area contributed by atoms with Gasteiger partial charge in [-0.3, -0.25) is 9.59 Å². The molecule has 0 saturated carbocycles. The lowest BCUT2D eigenvalue weighted by Crippen LogP contribution is -2.28. The van der Waals surface area contributed by atoms with Crippen LogP contribution in [-0.2, 0) is 10.2 Å². The summed E-state index contributed by atoms with van der Waals surface area (Å²) in [5.41, 5.74) is 3.05. The SMILES string of the molecule is Cc1cc(C)cc(C(=O)Nc2ccc(C(C)(C)C(=O)O)cc2)c1. The molecule has 2 aromatic rings. The molecule has 0 radical (unpaired) electrons. The molecular formula is C19H21NO3. The maximum absolute atomic E-state index is 12.3. The van der Waals surface area contributed by atoms with Crippen LogP contribution in [0.15, 0.2) is 42.5 Å². The zero-order valence-corrected chi connectivity index (χ0v) is 13.8. The van der Waals surface area contributed by atoms with Crippen molar-refractivity contribution in [3.8, 4) is 0 Å². The summed E-state index contributed by atoms with van der Waals surface area (Å²) in [7, 11) is 0. The molecule has 120 valence electrons. The minimum absolute atomic E-state index is 0.179. The zero-order chi connectivity index (χ0) is 17.2. The lowest BCUT2D eigenvalue weighted by atomic mass is 9.85. The van der Waals surface area contributed by atoms with Gasteiger partial charge in [-0.05, 0) is 57.5 Å². The van der Waals surface area contributed by atoms with Crippen molar-refractivity contribution >= 4 is 17.6 Å². The Morgan fingerprint density at radius 1 is 0.957 bits per heavy atom. The van der Waals surface area contributed by atoms with Crippen molar-refractivity contribution in [3.05, 3.63) is 64.7 Å². The summed E-state index contributed by atoms with van der Waals surface area (Å²) in [5.74, 6) is -1.06. The summed E-state index contributed by atoms with van der Waals surface area (Å²) < 4.78 is 0. The highest BCUT2D eigenvalue weighted by Gasteiger charge is 2.29. The number of hydrogen-bond donors (Lipinski definition) is 2. The van der Waals surface area contributed by atoms with Gasteiger partial charge in [0.05, 0.1) is 5.41 Å². The molecule has 2 N–H and O–H groups in total. The van der Waals surface area contributed by atoms with E-state index in [1.165, 1.54) is 0 Å². The number of benzene rings is 2. The molecule has 0 bridgehead atoms. The van der Waals surface area contributed by atoms with Gasteiger partial charge in [-0.2, -0.15) is 0 Å². The Morgan fingerprint density at radius 3 is 1.96 bits per heavy atom. The molecule has 4 heteroatoms. The Bertz CT molecular complexity index is 725. The third kappa shape index (κ3) is 3.77. The first-order valence-corrected chi connectivity index (χ1v) is 7.44. The first-order chi connectivity index (χ1) is 10.7. The number of carbonyl (C=O) groups is 2. The normalized spacial score (nSPS) is 11.1. The number of carboxylic acid groups (broad SMARTS) is 1. The second kappa shape index (κ2) is 6.24. The number of amides is 1. The van der Waals surface area contributed by atoms with Crippen LogP contribution in [-0.4, -0.2) is 17.0 Å². The van der Waals surface area contributed by atoms with Crippen LogP contribution in [0.4, 0.5) is 5.69 Å².